The quantitative estimate of drug-likeness (QED) is 0.0842. The van der Waals surface area contributed by atoms with Crippen LogP contribution in [0, 0.1) is 40.4 Å². The SMILES string of the molecule is CCCCC(CC)COC(=O)c1cc(C#N)c(N=Nc2ccc(N(CC(CC)CCCC)CC(CC)CCCC)cc2NC(=O)OCC)c(C#N)c1. The van der Waals surface area contributed by atoms with Crippen LogP contribution in [0.1, 0.15) is 147 Å². The van der Waals surface area contributed by atoms with Gasteiger partial charge in [-0.3, -0.25) is 5.32 Å². The molecule has 0 heterocycles. The predicted octanol–water partition coefficient (Wildman–Crippen LogP) is 12.0. The lowest BCUT2D eigenvalue weighted by molar-refractivity contribution is 0.0428. The first-order chi connectivity index (χ1) is 25.2. The molecule has 1 amide bonds. The van der Waals surface area contributed by atoms with Crippen molar-refractivity contribution in [3.05, 3.63) is 47.0 Å². The molecule has 0 aromatic heterocycles. The molecular formula is C42H62N6O4. The van der Waals surface area contributed by atoms with Crippen LogP contribution in [0.5, 0.6) is 0 Å². The van der Waals surface area contributed by atoms with E-state index in [9.17, 15) is 20.1 Å². The van der Waals surface area contributed by atoms with Crippen molar-refractivity contribution in [2.24, 2.45) is 28.0 Å². The maximum Gasteiger partial charge on any atom is 0.411 e. The van der Waals surface area contributed by atoms with Crippen molar-refractivity contribution in [1.82, 2.24) is 0 Å². The first-order valence-electron chi connectivity index (χ1n) is 19.6. The van der Waals surface area contributed by atoms with E-state index in [0.29, 0.717) is 23.2 Å². The van der Waals surface area contributed by atoms with Gasteiger partial charge in [0.25, 0.3) is 0 Å². The summed E-state index contributed by atoms with van der Waals surface area (Å²) >= 11 is 0. The summed E-state index contributed by atoms with van der Waals surface area (Å²) in [6.45, 7) is 17.2. The molecule has 10 heteroatoms. The van der Waals surface area contributed by atoms with Gasteiger partial charge in [0.05, 0.1) is 35.6 Å². The Labute approximate surface area is 313 Å². The van der Waals surface area contributed by atoms with Crippen LogP contribution in [0.3, 0.4) is 0 Å². The smallest absolute Gasteiger partial charge is 0.411 e. The van der Waals surface area contributed by atoms with Gasteiger partial charge in [0.2, 0.25) is 0 Å². The van der Waals surface area contributed by atoms with Gasteiger partial charge in [0, 0.05) is 18.8 Å². The third-order valence-corrected chi connectivity index (χ3v) is 9.74. The highest BCUT2D eigenvalue weighted by molar-refractivity contribution is 5.92. The minimum absolute atomic E-state index is 0.0193. The number of hydrogen-bond acceptors (Lipinski definition) is 9. The van der Waals surface area contributed by atoms with Crippen LogP contribution in [-0.2, 0) is 9.47 Å². The number of ether oxygens (including phenoxy) is 2. The average Bonchev–Trinajstić information content (AvgIpc) is 3.16. The number of benzene rings is 2. The number of carbonyl (C=O) groups is 2. The zero-order chi connectivity index (χ0) is 38.3. The number of amides is 1. The Morgan fingerprint density at radius 2 is 1.29 bits per heavy atom. The highest BCUT2D eigenvalue weighted by atomic mass is 16.5. The standard InChI is InChI=1S/C42H62N6O4/c1-8-15-18-31(11-4)28-48(29-32(12-5)19-16-9-2)37-21-22-38(39(25-37)45-42(50)51-14-7)46-47-40-35(26-43)23-34(24-36(40)27-44)41(49)52-30-33(13-6)20-17-10-3/h21-25,31-33H,8-20,28-30H2,1-7H3,(H,45,50). The predicted molar refractivity (Wildman–Crippen MR) is 210 cm³/mol. The summed E-state index contributed by atoms with van der Waals surface area (Å²) in [6.07, 6.45) is 12.5. The number of hydrogen-bond donors (Lipinski definition) is 1. The fourth-order valence-electron chi connectivity index (χ4n) is 6.24. The van der Waals surface area contributed by atoms with Crippen molar-refractivity contribution in [1.29, 1.82) is 10.5 Å². The molecule has 284 valence electrons. The monoisotopic (exact) mass is 714 g/mol. The molecule has 0 aliphatic carbocycles. The molecule has 2 aromatic rings. The molecule has 0 saturated carbocycles. The summed E-state index contributed by atoms with van der Waals surface area (Å²) < 4.78 is 10.8. The summed E-state index contributed by atoms with van der Waals surface area (Å²) in [5, 5.41) is 31.7. The largest absolute Gasteiger partial charge is 0.462 e. The molecule has 0 aliphatic rings. The molecule has 0 fully saturated rings. The van der Waals surface area contributed by atoms with Crippen molar-refractivity contribution in [3.63, 3.8) is 0 Å². The lowest BCUT2D eigenvalue weighted by Crippen LogP contribution is -2.34. The Bertz CT molecular complexity index is 1460. The van der Waals surface area contributed by atoms with Gasteiger partial charge in [-0.1, -0.05) is 99.3 Å². The van der Waals surface area contributed by atoms with Gasteiger partial charge in [0.1, 0.15) is 23.5 Å². The average molecular weight is 715 g/mol. The van der Waals surface area contributed by atoms with E-state index >= 15 is 0 Å². The Balaban J connectivity index is 2.55. The van der Waals surface area contributed by atoms with Crippen LogP contribution >= 0.6 is 0 Å². The summed E-state index contributed by atoms with van der Waals surface area (Å²) in [7, 11) is 0. The minimum Gasteiger partial charge on any atom is -0.462 e. The summed E-state index contributed by atoms with van der Waals surface area (Å²) in [6, 6.07) is 12.6. The van der Waals surface area contributed by atoms with Gasteiger partial charge in [0.15, 0.2) is 0 Å². The molecule has 0 spiro atoms. The highest BCUT2D eigenvalue weighted by Crippen LogP contribution is 2.35. The van der Waals surface area contributed by atoms with Crippen molar-refractivity contribution in [2.75, 3.05) is 36.5 Å². The number of carbonyl (C=O) groups excluding carboxylic acids is 2. The maximum absolute atomic E-state index is 13.0. The Morgan fingerprint density at radius 1 is 0.750 bits per heavy atom. The molecule has 0 bridgehead atoms. The Hall–Kier alpha value is -4.44. The number of unbranched alkanes of at least 4 members (excludes halogenated alkanes) is 3. The number of nitrogens with one attached hydrogen (secondary N) is 1. The zero-order valence-corrected chi connectivity index (χ0v) is 32.8. The topological polar surface area (TPSA) is 140 Å². The van der Waals surface area contributed by atoms with Crippen molar-refractivity contribution < 1.29 is 19.1 Å². The molecule has 1 N–H and O–H groups in total. The second kappa shape index (κ2) is 24.7. The zero-order valence-electron chi connectivity index (χ0n) is 32.8. The number of esters is 1. The lowest BCUT2D eigenvalue weighted by Gasteiger charge is -2.33. The molecule has 0 aliphatic heterocycles. The van der Waals surface area contributed by atoms with Gasteiger partial charge >= 0.3 is 12.1 Å². The highest BCUT2D eigenvalue weighted by Gasteiger charge is 2.21. The Morgan fingerprint density at radius 3 is 1.77 bits per heavy atom. The molecule has 2 rings (SSSR count). The second-order valence-corrected chi connectivity index (χ2v) is 13.6. The van der Waals surface area contributed by atoms with Gasteiger partial charge in [-0.05, 0) is 74.3 Å². The molecule has 3 unspecified atom stereocenters. The summed E-state index contributed by atoms with van der Waals surface area (Å²) in [5.74, 6) is 0.731. The van der Waals surface area contributed by atoms with Crippen molar-refractivity contribution in [2.45, 2.75) is 126 Å². The molecular weight excluding hydrogens is 653 g/mol. The third kappa shape index (κ3) is 14.3. The van der Waals surface area contributed by atoms with E-state index in [1.165, 1.54) is 25.0 Å². The molecule has 10 nitrogen and oxygen atoms in total. The second-order valence-electron chi connectivity index (χ2n) is 13.6. The van der Waals surface area contributed by atoms with E-state index in [1.54, 1.807) is 13.0 Å². The maximum atomic E-state index is 13.0. The van der Waals surface area contributed by atoms with E-state index in [0.717, 1.165) is 83.0 Å². The van der Waals surface area contributed by atoms with Crippen LogP contribution in [0.15, 0.2) is 40.6 Å². The van der Waals surface area contributed by atoms with Crippen LogP contribution in [0.25, 0.3) is 0 Å². The van der Waals surface area contributed by atoms with Gasteiger partial charge in [-0.15, -0.1) is 10.2 Å². The molecule has 52 heavy (non-hydrogen) atoms. The van der Waals surface area contributed by atoms with E-state index in [2.05, 4.69) is 74.1 Å². The number of nitrogens with zero attached hydrogens (tertiary/aromatic N) is 5. The van der Waals surface area contributed by atoms with Crippen LogP contribution < -0.4 is 10.2 Å². The number of rotatable bonds is 24. The number of anilines is 2. The van der Waals surface area contributed by atoms with Gasteiger partial charge in [-0.2, -0.15) is 10.5 Å². The molecule has 2 aromatic carbocycles. The molecule has 3 atom stereocenters. The number of nitriles is 2. The number of azo groups is 1. The fraction of sp³-hybridized carbons (Fsp3) is 0.619. The third-order valence-electron chi connectivity index (χ3n) is 9.74. The fourth-order valence-corrected chi connectivity index (χ4v) is 6.24. The van der Waals surface area contributed by atoms with Crippen molar-refractivity contribution >= 4 is 34.8 Å². The lowest BCUT2D eigenvalue weighted by atomic mass is 9.95. The van der Waals surface area contributed by atoms with Gasteiger partial charge in [-0.25, -0.2) is 9.59 Å². The van der Waals surface area contributed by atoms with Gasteiger partial charge < -0.3 is 14.4 Å². The van der Waals surface area contributed by atoms with Crippen molar-refractivity contribution in [3.8, 4) is 12.1 Å². The van der Waals surface area contributed by atoms with Crippen LogP contribution in [-0.4, -0.2) is 38.4 Å². The van der Waals surface area contributed by atoms with E-state index in [-0.39, 0.29) is 41.5 Å². The summed E-state index contributed by atoms with van der Waals surface area (Å²) in [5.41, 5.74) is 1.89. The Kier molecular flexibility index (Phi) is 20.8. The normalized spacial score (nSPS) is 12.8. The molecule has 0 saturated heterocycles. The van der Waals surface area contributed by atoms with E-state index in [4.69, 9.17) is 9.47 Å². The first kappa shape index (κ1) is 43.7. The first-order valence-corrected chi connectivity index (χ1v) is 19.6. The minimum atomic E-state index is -0.621. The molecule has 0 radical (unpaired) electrons. The van der Waals surface area contributed by atoms with Crippen LogP contribution in [0.2, 0.25) is 0 Å². The van der Waals surface area contributed by atoms with Crippen LogP contribution in [0.4, 0.5) is 27.5 Å². The van der Waals surface area contributed by atoms with E-state index < -0.39 is 12.1 Å². The summed E-state index contributed by atoms with van der Waals surface area (Å²) in [4.78, 5) is 28.1. The van der Waals surface area contributed by atoms with E-state index in [1.807, 2.05) is 12.1 Å².